The van der Waals surface area contributed by atoms with Crippen molar-refractivity contribution in [2.24, 2.45) is 11.3 Å². The zero-order valence-electron chi connectivity index (χ0n) is 22.0. The Kier molecular flexibility index (Phi) is 9.81. The van der Waals surface area contributed by atoms with Crippen molar-refractivity contribution in [3.63, 3.8) is 0 Å². The standard InChI is InChI=1S/C27H48N4S/c1-21(2)23(4)27(8,9)17-16-22(3)31(26(5,6)7)20-14-11-15-24-25(29-32-28-24)30-18-12-10-13-19-30/h21H,3-4,10-20H2,1-2,5-9H3. The van der Waals surface area contributed by atoms with Crippen LogP contribution >= 0.6 is 11.7 Å². The molecular weight excluding hydrogens is 412 g/mol. The number of aromatic nitrogens is 2. The van der Waals surface area contributed by atoms with Crippen molar-refractivity contribution in [3.05, 3.63) is 30.1 Å². The summed E-state index contributed by atoms with van der Waals surface area (Å²) in [6, 6.07) is 0. The topological polar surface area (TPSA) is 32.3 Å². The van der Waals surface area contributed by atoms with Crippen LogP contribution in [0, 0.1) is 11.3 Å². The second kappa shape index (κ2) is 11.7. The van der Waals surface area contributed by atoms with Crippen molar-refractivity contribution in [2.75, 3.05) is 24.5 Å². The van der Waals surface area contributed by atoms with E-state index in [-0.39, 0.29) is 11.0 Å². The SMILES string of the molecule is C=C(CCC(C)(C)C(=C)C(C)C)N(CCCCc1nsnc1N1CCCCC1)C(C)(C)C. The van der Waals surface area contributed by atoms with Crippen LogP contribution in [0.25, 0.3) is 0 Å². The van der Waals surface area contributed by atoms with Gasteiger partial charge < -0.3 is 9.80 Å². The van der Waals surface area contributed by atoms with Gasteiger partial charge in [0.2, 0.25) is 0 Å². The molecule has 0 saturated carbocycles. The molecule has 1 fully saturated rings. The van der Waals surface area contributed by atoms with Crippen LogP contribution in [0.5, 0.6) is 0 Å². The van der Waals surface area contributed by atoms with Crippen molar-refractivity contribution >= 4 is 17.5 Å². The second-order valence-corrected chi connectivity index (χ2v) is 12.0. The lowest BCUT2D eigenvalue weighted by atomic mass is 9.76. The van der Waals surface area contributed by atoms with Crippen LogP contribution in [-0.4, -0.2) is 38.8 Å². The minimum atomic E-state index is 0.0808. The summed E-state index contributed by atoms with van der Waals surface area (Å²) in [5, 5.41) is 0. The molecule has 1 saturated heterocycles. The number of unbranched alkanes of at least 4 members (excludes halogenated alkanes) is 1. The molecule has 1 aromatic heterocycles. The Hall–Kier alpha value is -1.36. The van der Waals surface area contributed by atoms with E-state index in [2.05, 4.69) is 80.2 Å². The van der Waals surface area contributed by atoms with Crippen LogP contribution in [-0.2, 0) is 6.42 Å². The maximum absolute atomic E-state index is 4.63. The van der Waals surface area contributed by atoms with Crippen LogP contribution in [0.2, 0.25) is 0 Å². The van der Waals surface area contributed by atoms with Crippen molar-refractivity contribution in [3.8, 4) is 0 Å². The molecule has 0 atom stereocenters. The van der Waals surface area contributed by atoms with Gasteiger partial charge in [0, 0.05) is 30.9 Å². The first-order valence-corrected chi connectivity index (χ1v) is 13.4. The highest BCUT2D eigenvalue weighted by Crippen LogP contribution is 2.37. The van der Waals surface area contributed by atoms with E-state index < -0.39 is 0 Å². The molecule has 0 spiro atoms. The number of hydrogen-bond acceptors (Lipinski definition) is 5. The normalized spacial score (nSPS) is 15.3. The predicted octanol–water partition coefficient (Wildman–Crippen LogP) is 7.48. The maximum Gasteiger partial charge on any atom is 0.165 e. The third kappa shape index (κ3) is 7.60. The third-order valence-electron chi connectivity index (χ3n) is 7.03. The zero-order chi connectivity index (χ0) is 23.9. The minimum Gasteiger partial charge on any atom is -0.370 e. The van der Waals surface area contributed by atoms with Gasteiger partial charge in [-0.05, 0) is 83.5 Å². The number of aryl methyl sites for hydroxylation is 1. The number of rotatable bonds is 12. The smallest absolute Gasteiger partial charge is 0.165 e. The molecule has 0 N–H and O–H groups in total. The average molecular weight is 461 g/mol. The van der Waals surface area contributed by atoms with Gasteiger partial charge in [0.25, 0.3) is 0 Å². The molecule has 2 heterocycles. The molecular formula is C27H48N4S. The van der Waals surface area contributed by atoms with E-state index in [1.54, 1.807) is 0 Å². The summed E-state index contributed by atoms with van der Waals surface area (Å²) >= 11 is 1.37. The number of nitrogens with zero attached hydrogens (tertiary/aromatic N) is 4. The highest BCUT2D eigenvalue weighted by Gasteiger charge is 2.27. The van der Waals surface area contributed by atoms with Crippen LogP contribution in [0.1, 0.15) is 99.1 Å². The lowest BCUT2D eigenvalue weighted by Gasteiger charge is -2.40. The first-order chi connectivity index (χ1) is 14.9. The van der Waals surface area contributed by atoms with Gasteiger partial charge in [-0.3, -0.25) is 0 Å². The van der Waals surface area contributed by atoms with E-state index in [1.165, 1.54) is 48.0 Å². The lowest BCUT2D eigenvalue weighted by molar-refractivity contribution is 0.171. The summed E-state index contributed by atoms with van der Waals surface area (Å²) in [7, 11) is 0. The van der Waals surface area contributed by atoms with Crippen molar-refractivity contribution in [1.82, 2.24) is 13.6 Å². The summed E-state index contributed by atoms with van der Waals surface area (Å²) in [5.41, 5.74) is 4.02. The molecule has 1 aliphatic rings. The number of allylic oxidation sites excluding steroid dienone is 2. The lowest BCUT2D eigenvalue weighted by Crippen LogP contribution is -2.41. The van der Waals surface area contributed by atoms with Gasteiger partial charge in [0.15, 0.2) is 5.82 Å². The Labute approximate surface area is 202 Å². The number of hydrogen-bond donors (Lipinski definition) is 0. The third-order valence-corrected chi connectivity index (χ3v) is 7.59. The van der Waals surface area contributed by atoms with E-state index in [1.807, 2.05) is 0 Å². The monoisotopic (exact) mass is 460 g/mol. The molecule has 0 amide bonds. The van der Waals surface area contributed by atoms with E-state index in [0.717, 1.165) is 57.6 Å². The van der Waals surface area contributed by atoms with Gasteiger partial charge in [-0.25, -0.2) is 0 Å². The van der Waals surface area contributed by atoms with Gasteiger partial charge in [-0.2, -0.15) is 8.75 Å². The minimum absolute atomic E-state index is 0.0808. The summed E-state index contributed by atoms with van der Waals surface area (Å²) in [6.07, 6.45) is 9.33. The Morgan fingerprint density at radius 2 is 1.69 bits per heavy atom. The van der Waals surface area contributed by atoms with Crippen molar-refractivity contribution in [1.29, 1.82) is 0 Å². The van der Waals surface area contributed by atoms with E-state index in [4.69, 9.17) is 0 Å². The Bertz CT molecular complexity index is 735. The van der Waals surface area contributed by atoms with E-state index >= 15 is 0 Å². The first-order valence-electron chi connectivity index (χ1n) is 12.6. The molecule has 0 radical (unpaired) electrons. The molecule has 0 bridgehead atoms. The fourth-order valence-electron chi connectivity index (χ4n) is 4.77. The maximum atomic E-state index is 4.63. The molecule has 32 heavy (non-hydrogen) atoms. The van der Waals surface area contributed by atoms with Crippen LogP contribution in [0.15, 0.2) is 24.4 Å². The Morgan fingerprint density at radius 1 is 1.03 bits per heavy atom. The van der Waals surface area contributed by atoms with Gasteiger partial charge in [0.1, 0.15) is 0 Å². The zero-order valence-corrected chi connectivity index (χ0v) is 22.8. The fourth-order valence-corrected chi connectivity index (χ4v) is 5.38. The first kappa shape index (κ1) is 26.9. The van der Waals surface area contributed by atoms with Gasteiger partial charge in [0.05, 0.1) is 17.4 Å². The highest BCUT2D eigenvalue weighted by molar-refractivity contribution is 6.99. The molecule has 0 aliphatic carbocycles. The number of piperidine rings is 1. The molecule has 4 nitrogen and oxygen atoms in total. The second-order valence-electron chi connectivity index (χ2n) is 11.5. The summed E-state index contributed by atoms with van der Waals surface area (Å²) < 4.78 is 9.25. The Morgan fingerprint density at radius 3 is 2.28 bits per heavy atom. The van der Waals surface area contributed by atoms with Crippen LogP contribution in [0.4, 0.5) is 5.82 Å². The van der Waals surface area contributed by atoms with E-state index in [9.17, 15) is 0 Å². The van der Waals surface area contributed by atoms with Crippen LogP contribution in [0.3, 0.4) is 0 Å². The molecule has 1 aliphatic heterocycles. The molecule has 5 heteroatoms. The average Bonchev–Trinajstić information content (AvgIpc) is 3.19. The summed E-state index contributed by atoms with van der Waals surface area (Å²) in [4.78, 5) is 4.96. The molecule has 0 aromatic carbocycles. The predicted molar refractivity (Wildman–Crippen MR) is 142 cm³/mol. The molecule has 0 unspecified atom stereocenters. The molecule has 2 rings (SSSR count). The van der Waals surface area contributed by atoms with Gasteiger partial charge >= 0.3 is 0 Å². The van der Waals surface area contributed by atoms with E-state index in [0.29, 0.717) is 5.92 Å². The molecule has 1 aromatic rings. The quantitative estimate of drug-likeness (QED) is 0.239. The summed E-state index contributed by atoms with van der Waals surface area (Å²) in [6.45, 7) is 28.2. The van der Waals surface area contributed by atoms with Crippen molar-refractivity contribution in [2.45, 2.75) is 105 Å². The summed E-state index contributed by atoms with van der Waals surface area (Å²) in [5.74, 6) is 1.67. The number of anilines is 1. The fraction of sp³-hybridized carbons (Fsp3) is 0.778. The van der Waals surface area contributed by atoms with Gasteiger partial charge in [-0.15, -0.1) is 0 Å². The van der Waals surface area contributed by atoms with Crippen molar-refractivity contribution < 1.29 is 0 Å². The Balaban J connectivity index is 1.88. The molecule has 182 valence electrons. The van der Waals surface area contributed by atoms with Gasteiger partial charge in [-0.1, -0.05) is 46.4 Å². The highest BCUT2D eigenvalue weighted by atomic mass is 32.1. The largest absolute Gasteiger partial charge is 0.370 e. The van der Waals surface area contributed by atoms with Crippen LogP contribution < -0.4 is 4.90 Å².